The molecular weight excluding hydrogens is 293 g/mol. The molecule has 2 aromatic carbocycles. The molecule has 3 nitrogen and oxygen atoms in total. The Hall–Kier alpha value is -1.78. The van der Waals surface area contributed by atoms with Crippen LogP contribution in [0, 0.1) is 12.7 Å². The summed E-state index contributed by atoms with van der Waals surface area (Å²) in [6, 6.07) is 9.63. The van der Waals surface area contributed by atoms with Crippen LogP contribution in [0.4, 0.5) is 10.1 Å². The van der Waals surface area contributed by atoms with E-state index in [0.29, 0.717) is 22.0 Å². The third-order valence-corrected chi connectivity index (χ3v) is 3.49. The highest BCUT2D eigenvalue weighted by Crippen LogP contribution is 2.28. The Labute approximate surface area is 128 Å². The van der Waals surface area contributed by atoms with Gasteiger partial charge in [0.05, 0.1) is 23.9 Å². The molecule has 0 fully saturated rings. The van der Waals surface area contributed by atoms with Gasteiger partial charge < -0.3 is 15.2 Å². The van der Waals surface area contributed by atoms with E-state index in [9.17, 15) is 9.50 Å². The molecule has 1 atom stereocenters. The van der Waals surface area contributed by atoms with E-state index in [0.717, 1.165) is 5.56 Å². The normalized spacial score (nSPS) is 12.0. The molecule has 2 rings (SSSR count). The Morgan fingerprint density at radius 3 is 2.76 bits per heavy atom. The molecule has 0 amide bonds. The number of aliphatic hydroxyl groups is 1. The summed E-state index contributed by atoms with van der Waals surface area (Å²) >= 11 is 5.97. The molecule has 0 aliphatic heterocycles. The summed E-state index contributed by atoms with van der Waals surface area (Å²) in [4.78, 5) is 0. The number of nitrogens with one attached hydrogen (secondary N) is 1. The molecule has 0 radical (unpaired) electrons. The van der Waals surface area contributed by atoms with E-state index in [1.807, 2.05) is 25.1 Å². The highest BCUT2D eigenvalue weighted by atomic mass is 35.5. The van der Waals surface area contributed by atoms with Crippen molar-refractivity contribution >= 4 is 17.3 Å². The SMILES string of the molecule is COc1ccc(C)cc1C(O)CNc1cc(F)ccc1Cl. The molecule has 2 aromatic rings. The van der Waals surface area contributed by atoms with E-state index in [-0.39, 0.29) is 12.4 Å². The van der Waals surface area contributed by atoms with Crippen molar-refractivity contribution in [2.45, 2.75) is 13.0 Å². The minimum Gasteiger partial charge on any atom is -0.496 e. The van der Waals surface area contributed by atoms with Gasteiger partial charge in [-0.3, -0.25) is 0 Å². The van der Waals surface area contributed by atoms with Crippen LogP contribution in [0.2, 0.25) is 5.02 Å². The Balaban J connectivity index is 2.13. The van der Waals surface area contributed by atoms with Gasteiger partial charge in [0.15, 0.2) is 0 Å². The Bertz CT molecular complexity index is 634. The van der Waals surface area contributed by atoms with E-state index in [1.54, 1.807) is 7.11 Å². The molecule has 0 heterocycles. The van der Waals surface area contributed by atoms with Crippen LogP contribution < -0.4 is 10.1 Å². The van der Waals surface area contributed by atoms with Crippen molar-refractivity contribution in [3.8, 4) is 5.75 Å². The van der Waals surface area contributed by atoms with Crippen molar-refractivity contribution in [1.29, 1.82) is 0 Å². The van der Waals surface area contributed by atoms with Gasteiger partial charge >= 0.3 is 0 Å². The van der Waals surface area contributed by atoms with Crippen molar-refractivity contribution in [3.63, 3.8) is 0 Å². The molecule has 5 heteroatoms. The summed E-state index contributed by atoms with van der Waals surface area (Å²) in [6.45, 7) is 2.13. The minimum atomic E-state index is -0.792. The molecule has 21 heavy (non-hydrogen) atoms. The summed E-state index contributed by atoms with van der Waals surface area (Å²) in [5.74, 6) is 0.227. The van der Waals surface area contributed by atoms with Crippen molar-refractivity contribution in [2.75, 3.05) is 19.0 Å². The minimum absolute atomic E-state index is 0.197. The van der Waals surface area contributed by atoms with Gasteiger partial charge in [-0.25, -0.2) is 4.39 Å². The van der Waals surface area contributed by atoms with Crippen LogP contribution in [0.25, 0.3) is 0 Å². The molecule has 0 saturated carbocycles. The number of rotatable bonds is 5. The monoisotopic (exact) mass is 309 g/mol. The zero-order chi connectivity index (χ0) is 15.4. The van der Waals surface area contributed by atoms with Crippen molar-refractivity contribution in [3.05, 3.63) is 58.4 Å². The number of aliphatic hydroxyl groups excluding tert-OH is 1. The van der Waals surface area contributed by atoms with Crippen LogP contribution in [0.1, 0.15) is 17.2 Å². The summed E-state index contributed by atoms with van der Waals surface area (Å²) < 4.78 is 18.4. The van der Waals surface area contributed by atoms with Gasteiger partial charge in [0, 0.05) is 12.1 Å². The second-order valence-electron chi connectivity index (χ2n) is 4.77. The molecule has 1 unspecified atom stereocenters. The predicted octanol–water partition coefficient (Wildman–Crippen LogP) is 3.94. The van der Waals surface area contributed by atoms with Gasteiger partial charge in [-0.05, 0) is 37.3 Å². The lowest BCUT2D eigenvalue weighted by molar-refractivity contribution is 0.187. The van der Waals surface area contributed by atoms with Gasteiger partial charge in [0.2, 0.25) is 0 Å². The molecule has 0 aromatic heterocycles. The molecule has 2 N–H and O–H groups in total. The molecule has 0 saturated heterocycles. The fraction of sp³-hybridized carbons (Fsp3) is 0.250. The van der Waals surface area contributed by atoms with Crippen molar-refractivity contribution < 1.29 is 14.2 Å². The van der Waals surface area contributed by atoms with Crippen molar-refractivity contribution in [1.82, 2.24) is 0 Å². The zero-order valence-electron chi connectivity index (χ0n) is 11.9. The van der Waals surface area contributed by atoms with Crippen LogP contribution in [0.15, 0.2) is 36.4 Å². The summed E-state index contributed by atoms with van der Waals surface area (Å²) in [5.41, 5.74) is 2.15. The van der Waals surface area contributed by atoms with E-state index in [2.05, 4.69) is 5.32 Å². The lowest BCUT2D eigenvalue weighted by Gasteiger charge is -2.17. The fourth-order valence-corrected chi connectivity index (χ4v) is 2.25. The first-order valence-electron chi connectivity index (χ1n) is 6.53. The Morgan fingerprint density at radius 2 is 2.05 bits per heavy atom. The predicted molar refractivity (Wildman–Crippen MR) is 82.6 cm³/mol. The molecular formula is C16H17ClFNO2. The maximum atomic E-state index is 13.2. The standard InChI is InChI=1S/C16H17ClFNO2/c1-10-3-6-16(21-2)12(7-10)15(20)9-19-14-8-11(18)4-5-13(14)17/h3-8,15,19-20H,9H2,1-2H3. The third-order valence-electron chi connectivity index (χ3n) is 3.16. The number of anilines is 1. The van der Waals surface area contributed by atoms with Crippen LogP contribution in [0.5, 0.6) is 5.75 Å². The second-order valence-corrected chi connectivity index (χ2v) is 5.17. The highest BCUT2D eigenvalue weighted by Gasteiger charge is 2.14. The maximum absolute atomic E-state index is 13.2. The topological polar surface area (TPSA) is 41.5 Å². The number of halogens is 2. The lowest BCUT2D eigenvalue weighted by atomic mass is 10.1. The number of hydrogen-bond acceptors (Lipinski definition) is 3. The van der Waals surface area contributed by atoms with Crippen LogP contribution >= 0.6 is 11.6 Å². The molecule has 0 spiro atoms. The average molecular weight is 310 g/mol. The van der Waals surface area contributed by atoms with Crippen LogP contribution in [0.3, 0.4) is 0 Å². The molecule has 0 aliphatic carbocycles. The van der Waals surface area contributed by atoms with E-state index >= 15 is 0 Å². The highest BCUT2D eigenvalue weighted by molar-refractivity contribution is 6.33. The van der Waals surface area contributed by atoms with Gasteiger partial charge in [0.25, 0.3) is 0 Å². The van der Waals surface area contributed by atoms with Gasteiger partial charge in [-0.15, -0.1) is 0 Å². The maximum Gasteiger partial charge on any atom is 0.125 e. The lowest BCUT2D eigenvalue weighted by Crippen LogP contribution is -2.13. The van der Waals surface area contributed by atoms with Crippen LogP contribution in [-0.2, 0) is 0 Å². The van der Waals surface area contributed by atoms with Gasteiger partial charge in [-0.2, -0.15) is 0 Å². The van der Waals surface area contributed by atoms with E-state index in [4.69, 9.17) is 16.3 Å². The van der Waals surface area contributed by atoms with Crippen LogP contribution in [-0.4, -0.2) is 18.8 Å². The van der Waals surface area contributed by atoms with Crippen molar-refractivity contribution in [2.24, 2.45) is 0 Å². The van der Waals surface area contributed by atoms with E-state index in [1.165, 1.54) is 18.2 Å². The summed E-state index contributed by atoms with van der Waals surface area (Å²) in [6.07, 6.45) is -0.792. The number of benzene rings is 2. The smallest absolute Gasteiger partial charge is 0.125 e. The Morgan fingerprint density at radius 1 is 1.29 bits per heavy atom. The quantitative estimate of drug-likeness (QED) is 0.879. The second kappa shape index (κ2) is 6.78. The number of ether oxygens (including phenoxy) is 1. The molecule has 0 bridgehead atoms. The molecule has 112 valence electrons. The van der Waals surface area contributed by atoms with Gasteiger partial charge in [0.1, 0.15) is 11.6 Å². The average Bonchev–Trinajstić information content (AvgIpc) is 2.47. The summed E-state index contributed by atoms with van der Waals surface area (Å²) in [5, 5.41) is 13.6. The fourth-order valence-electron chi connectivity index (χ4n) is 2.06. The number of hydrogen-bond donors (Lipinski definition) is 2. The number of methoxy groups -OCH3 is 1. The Kier molecular flexibility index (Phi) is 5.04. The number of aryl methyl sites for hydroxylation is 1. The third kappa shape index (κ3) is 3.86. The first-order valence-corrected chi connectivity index (χ1v) is 6.90. The first-order chi connectivity index (χ1) is 10.0. The zero-order valence-corrected chi connectivity index (χ0v) is 12.6. The molecule has 0 aliphatic rings. The van der Waals surface area contributed by atoms with E-state index < -0.39 is 6.10 Å². The van der Waals surface area contributed by atoms with Gasteiger partial charge in [-0.1, -0.05) is 23.2 Å². The summed E-state index contributed by atoms with van der Waals surface area (Å²) in [7, 11) is 1.55. The first kappa shape index (κ1) is 15.6. The largest absolute Gasteiger partial charge is 0.496 e.